The highest BCUT2D eigenvalue weighted by Crippen LogP contribution is 2.33. The number of aryl methyl sites for hydroxylation is 3. The van der Waals surface area contributed by atoms with E-state index in [-0.39, 0.29) is 5.91 Å². The van der Waals surface area contributed by atoms with Crippen molar-refractivity contribution < 1.29 is 14.3 Å². The van der Waals surface area contributed by atoms with Crippen molar-refractivity contribution in [2.45, 2.75) is 40.0 Å². The van der Waals surface area contributed by atoms with E-state index < -0.39 is 0 Å². The summed E-state index contributed by atoms with van der Waals surface area (Å²) in [7, 11) is 1.64. The number of nitrogens with zero attached hydrogens (tertiary/aromatic N) is 2. The van der Waals surface area contributed by atoms with Crippen molar-refractivity contribution in [2.75, 3.05) is 12.4 Å². The largest absolute Gasteiger partial charge is 0.497 e. The summed E-state index contributed by atoms with van der Waals surface area (Å²) < 4.78 is 13.5. The predicted octanol–water partition coefficient (Wildman–Crippen LogP) is 6.42. The molecular weight excluding hydrogens is 438 g/mol. The number of amides is 1. The number of rotatable bonds is 9. The summed E-state index contributed by atoms with van der Waals surface area (Å²) in [6.45, 7) is 6.11. The molecule has 0 aliphatic heterocycles. The molecule has 0 aliphatic rings. The average Bonchev–Trinajstić information content (AvgIpc) is 3.21. The van der Waals surface area contributed by atoms with Crippen LogP contribution in [0.15, 0.2) is 72.8 Å². The third kappa shape index (κ3) is 5.90. The third-order valence-electron chi connectivity index (χ3n) is 5.81. The molecule has 4 aromatic rings. The quantitative estimate of drug-likeness (QED) is 0.307. The SMILES string of the molecule is CCc1nn(-c2ccc(OC)cc2)c(Oc2ccc(C)cc2)c1CCC(=O)Nc1cccc(C)c1. The molecule has 0 fully saturated rings. The van der Waals surface area contributed by atoms with Gasteiger partial charge in [0.25, 0.3) is 0 Å². The van der Waals surface area contributed by atoms with Crippen LogP contribution in [0.1, 0.15) is 35.7 Å². The average molecular weight is 470 g/mol. The summed E-state index contributed by atoms with van der Waals surface area (Å²) in [5.74, 6) is 2.07. The lowest BCUT2D eigenvalue weighted by molar-refractivity contribution is -0.116. The molecule has 0 saturated carbocycles. The molecule has 0 radical (unpaired) electrons. The van der Waals surface area contributed by atoms with E-state index in [9.17, 15) is 4.79 Å². The van der Waals surface area contributed by atoms with E-state index in [4.69, 9.17) is 14.6 Å². The van der Waals surface area contributed by atoms with E-state index in [1.54, 1.807) is 7.11 Å². The van der Waals surface area contributed by atoms with Crippen LogP contribution in [0, 0.1) is 13.8 Å². The van der Waals surface area contributed by atoms with E-state index in [0.29, 0.717) is 18.7 Å². The number of nitrogens with one attached hydrogen (secondary N) is 1. The minimum Gasteiger partial charge on any atom is -0.497 e. The highest BCUT2D eigenvalue weighted by molar-refractivity contribution is 5.91. The minimum atomic E-state index is -0.0452. The van der Waals surface area contributed by atoms with Crippen LogP contribution in [0.4, 0.5) is 5.69 Å². The standard InChI is InChI=1S/C29H31N3O3/c1-5-27-26(17-18-28(33)30-22-8-6-7-21(3)19-22)29(35-25-13-9-20(2)10-14-25)32(31-27)23-11-15-24(34-4)16-12-23/h6-16,19H,5,17-18H2,1-4H3,(H,30,33). The first-order chi connectivity index (χ1) is 17.0. The van der Waals surface area contributed by atoms with E-state index in [0.717, 1.165) is 51.7 Å². The van der Waals surface area contributed by atoms with Gasteiger partial charge in [-0.1, -0.05) is 36.8 Å². The number of benzene rings is 3. The molecule has 0 atom stereocenters. The Kier molecular flexibility index (Phi) is 7.51. The molecule has 0 saturated heterocycles. The van der Waals surface area contributed by atoms with Crippen LogP contribution >= 0.6 is 0 Å². The number of hydrogen-bond donors (Lipinski definition) is 1. The Morgan fingerprint density at radius 3 is 2.31 bits per heavy atom. The Balaban J connectivity index is 1.65. The molecule has 4 rings (SSSR count). The fraction of sp³-hybridized carbons (Fsp3) is 0.241. The normalized spacial score (nSPS) is 10.7. The maximum Gasteiger partial charge on any atom is 0.226 e. The Morgan fingerprint density at radius 2 is 1.66 bits per heavy atom. The van der Waals surface area contributed by atoms with Gasteiger partial charge in [0, 0.05) is 17.7 Å². The fourth-order valence-electron chi connectivity index (χ4n) is 3.92. The van der Waals surface area contributed by atoms with Crippen LogP contribution in [0.2, 0.25) is 0 Å². The molecule has 0 aliphatic carbocycles. The highest BCUT2D eigenvalue weighted by atomic mass is 16.5. The Hall–Kier alpha value is -4.06. The highest BCUT2D eigenvalue weighted by Gasteiger charge is 2.21. The molecule has 1 N–H and O–H groups in total. The van der Waals surface area contributed by atoms with Crippen LogP contribution in [-0.4, -0.2) is 22.8 Å². The number of carbonyl (C=O) groups is 1. The summed E-state index contributed by atoms with van der Waals surface area (Å²) in [4.78, 5) is 12.8. The van der Waals surface area contributed by atoms with Crippen LogP contribution in [0.25, 0.3) is 5.69 Å². The van der Waals surface area contributed by atoms with Gasteiger partial charge in [-0.05, 0) is 80.8 Å². The van der Waals surface area contributed by atoms with Gasteiger partial charge in [-0.2, -0.15) is 5.10 Å². The number of methoxy groups -OCH3 is 1. The van der Waals surface area contributed by atoms with Crippen molar-refractivity contribution in [2.24, 2.45) is 0 Å². The van der Waals surface area contributed by atoms with Crippen LogP contribution in [0.3, 0.4) is 0 Å². The molecular formula is C29H31N3O3. The molecule has 0 unspecified atom stereocenters. The second-order valence-corrected chi connectivity index (χ2v) is 8.53. The van der Waals surface area contributed by atoms with Crippen LogP contribution in [0.5, 0.6) is 17.4 Å². The van der Waals surface area contributed by atoms with E-state index in [2.05, 4.69) is 12.2 Å². The Labute approximate surface area is 206 Å². The van der Waals surface area contributed by atoms with Gasteiger partial charge < -0.3 is 14.8 Å². The zero-order valence-corrected chi connectivity index (χ0v) is 20.7. The van der Waals surface area contributed by atoms with Crippen molar-refractivity contribution in [3.63, 3.8) is 0 Å². The smallest absolute Gasteiger partial charge is 0.226 e. The van der Waals surface area contributed by atoms with Gasteiger partial charge in [-0.3, -0.25) is 4.79 Å². The molecule has 1 aromatic heterocycles. The molecule has 6 nitrogen and oxygen atoms in total. The third-order valence-corrected chi connectivity index (χ3v) is 5.81. The number of carbonyl (C=O) groups excluding carboxylic acids is 1. The molecule has 1 heterocycles. The zero-order valence-electron chi connectivity index (χ0n) is 20.7. The van der Waals surface area contributed by atoms with E-state index in [1.807, 2.05) is 91.3 Å². The summed E-state index contributed by atoms with van der Waals surface area (Å²) in [6.07, 6.45) is 1.56. The molecule has 0 bridgehead atoms. The predicted molar refractivity (Wildman–Crippen MR) is 139 cm³/mol. The van der Waals surface area contributed by atoms with Crippen LogP contribution in [-0.2, 0) is 17.6 Å². The Bertz CT molecular complexity index is 1290. The molecule has 180 valence electrons. The molecule has 0 spiro atoms. The summed E-state index contributed by atoms with van der Waals surface area (Å²) in [5, 5.41) is 7.86. The van der Waals surface area contributed by atoms with E-state index in [1.165, 1.54) is 0 Å². The fourth-order valence-corrected chi connectivity index (χ4v) is 3.92. The van der Waals surface area contributed by atoms with Gasteiger partial charge in [0.15, 0.2) is 0 Å². The van der Waals surface area contributed by atoms with Gasteiger partial charge in [-0.25, -0.2) is 4.68 Å². The first kappa shape index (κ1) is 24.1. The van der Waals surface area contributed by atoms with Gasteiger partial charge in [0.1, 0.15) is 11.5 Å². The molecule has 1 amide bonds. The molecule has 6 heteroatoms. The molecule has 35 heavy (non-hydrogen) atoms. The summed E-state index contributed by atoms with van der Waals surface area (Å²) in [5.41, 5.74) is 5.76. The van der Waals surface area contributed by atoms with Crippen LogP contribution < -0.4 is 14.8 Å². The summed E-state index contributed by atoms with van der Waals surface area (Å²) >= 11 is 0. The maximum absolute atomic E-state index is 12.8. The number of anilines is 1. The Morgan fingerprint density at radius 1 is 0.943 bits per heavy atom. The monoisotopic (exact) mass is 469 g/mol. The van der Waals surface area contributed by atoms with Gasteiger partial charge in [-0.15, -0.1) is 0 Å². The van der Waals surface area contributed by atoms with Crippen molar-refractivity contribution in [1.82, 2.24) is 9.78 Å². The maximum atomic E-state index is 12.8. The zero-order chi connectivity index (χ0) is 24.8. The summed E-state index contributed by atoms with van der Waals surface area (Å²) in [6, 6.07) is 23.4. The van der Waals surface area contributed by atoms with Crippen molar-refractivity contribution in [1.29, 1.82) is 0 Å². The second kappa shape index (κ2) is 10.9. The topological polar surface area (TPSA) is 65.4 Å². The lowest BCUT2D eigenvalue weighted by Crippen LogP contribution is -2.13. The molecule has 3 aromatic carbocycles. The first-order valence-corrected chi connectivity index (χ1v) is 11.8. The lowest BCUT2D eigenvalue weighted by atomic mass is 10.1. The number of hydrogen-bond acceptors (Lipinski definition) is 4. The van der Waals surface area contributed by atoms with Crippen molar-refractivity contribution >= 4 is 11.6 Å². The van der Waals surface area contributed by atoms with Crippen molar-refractivity contribution in [3.8, 4) is 23.1 Å². The van der Waals surface area contributed by atoms with Gasteiger partial charge in [0.05, 0.1) is 18.5 Å². The van der Waals surface area contributed by atoms with Gasteiger partial charge >= 0.3 is 0 Å². The minimum absolute atomic E-state index is 0.0452. The first-order valence-electron chi connectivity index (χ1n) is 11.8. The van der Waals surface area contributed by atoms with Gasteiger partial charge in [0.2, 0.25) is 11.8 Å². The van der Waals surface area contributed by atoms with E-state index >= 15 is 0 Å². The number of ether oxygens (including phenoxy) is 2. The second-order valence-electron chi connectivity index (χ2n) is 8.53. The lowest BCUT2D eigenvalue weighted by Gasteiger charge is -2.12. The number of aromatic nitrogens is 2. The van der Waals surface area contributed by atoms with Crippen molar-refractivity contribution in [3.05, 3.63) is 95.2 Å².